The summed E-state index contributed by atoms with van der Waals surface area (Å²) in [5.41, 5.74) is 2.23. The summed E-state index contributed by atoms with van der Waals surface area (Å²) in [6.07, 6.45) is 4.44. The molecule has 1 aromatic carbocycles. The Balaban J connectivity index is 1.13. The minimum atomic E-state index is 0.0675. The second-order valence-corrected chi connectivity index (χ2v) is 10.8. The molecule has 1 aliphatic carbocycles. The lowest BCUT2D eigenvalue weighted by Crippen LogP contribution is -2.28. The number of ketones is 1. The number of methoxy groups -OCH3 is 1. The van der Waals surface area contributed by atoms with Crippen molar-refractivity contribution in [3.05, 3.63) is 35.2 Å². The van der Waals surface area contributed by atoms with Crippen LogP contribution < -0.4 is 4.74 Å². The summed E-state index contributed by atoms with van der Waals surface area (Å²) >= 11 is 1.81. The molecule has 2 aromatic rings. The Bertz CT molecular complexity index is 1020. The van der Waals surface area contributed by atoms with Crippen LogP contribution in [0.15, 0.2) is 23.4 Å². The number of hydrogen-bond acceptors (Lipinski definition) is 7. The van der Waals surface area contributed by atoms with Crippen LogP contribution >= 0.6 is 11.8 Å². The Labute approximate surface area is 200 Å². The molecule has 0 bridgehead atoms. The molecule has 33 heavy (non-hydrogen) atoms. The van der Waals surface area contributed by atoms with E-state index in [1.54, 1.807) is 14.0 Å². The molecule has 2 aliphatic heterocycles. The molecule has 2 atom stereocenters. The Morgan fingerprint density at radius 2 is 2.12 bits per heavy atom. The SMILES string of the molecule is COc1ccc([C@]23C[C@H]2CN(CCCSc2nnc(C4CCOCC4)n2C)C3)cc1C(C)=O. The fraction of sp³-hybridized carbons (Fsp3) is 0.640. The molecule has 0 radical (unpaired) electrons. The molecule has 7 nitrogen and oxygen atoms in total. The van der Waals surface area contributed by atoms with Gasteiger partial charge in [-0.1, -0.05) is 17.8 Å². The minimum absolute atomic E-state index is 0.0675. The van der Waals surface area contributed by atoms with Crippen LogP contribution in [0, 0.1) is 5.92 Å². The third-order valence-corrected chi connectivity index (χ3v) is 8.78. The van der Waals surface area contributed by atoms with Gasteiger partial charge in [0.15, 0.2) is 10.9 Å². The first-order valence-corrected chi connectivity index (χ1v) is 13.0. The minimum Gasteiger partial charge on any atom is -0.496 e. The molecule has 5 rings (SSSR count). The average molecular weight is 471 g/mol. The van der Waals surface area contributed by atoms with Gasteiger partial charge in [0.05, 0.1) is 12.7 Å². The van der Waals surface area contributed by atoms with Gasteiger partial charge in [-0.05, 0) is 62.8 Å². The van der Waals surface area contributed by atoms with Crippen LogP contribution in [-0.2, 0) is 17.2 Å². The number of rotatable bonds is 9. The number of likely N-dealkylation sites (tertiary alicyclic amines) is 1. The molecule has 1 saturated carbocycles. The van der Waals surface area contributed by atoms with Crippen LogP contribution in [0.5, 0.6) is 5.75 Å². The van der Waals surface area contributed by atoms with E-state index in [4.69, 9.17) is 9.47 Å². The lowest BCUT2D eigenvalue weighted by Gasteiger charge is -2.22. The molecule has 0 N–H and O–H groups in total. The van der Waals surface area contributed by atoms with Crippen molar-refractivity contribution in [3.8, 4) is 5.75 Å². The molecule has 0 amide bonds. The molecule has 0 spiro atoms. The van der Waals surface area contributed by atoms with Gasteiger partial charge in [0.1, 0.15) is 11.6 Å². The van der Waals surface area contributed by atoms with Gasteiger partial charge in [0, 0.05) is 50.4 Å². The van der Waals surface area contributed by atoms with Gasteiger partial charge in [-0.2, -0.15) is 0 Å². The van der Waals surface area contributed by atoms with Crippen LogP contribution in [0.25, 0.3) is 0 Å². The van der Waals surface area contributed by atoms with Gasteiger partial charge in [0.2, 0.25) is 0 Å². The second kappa shape index (κ2) is 9.39. The van der Waals surface area contributed by atoms with E-state index < -0.39 is 0 Å². The number of piperidine rings is 1. The first-order valence-electron chi connectivity index (χ1n) is 12.0. The number of carbonyl (C=O) groups excluding carboxylic acids is 1. The van der Waals surface area contributed by atoms with Crippen molar-refractivity contribution in [2.75, 3.05) is 45.7 Å². The number of Topliss-reactive ketones (excluding diaryl/α,β-unsaturated/α-hetero) is 1. The van der Waals surface area contributed by atoms with Gasteiger partial charge in [-0.25, -0.2) is 0 Å². The van der Waals surface area contributed by atoms with E-state index in [9.17, 15) is 4.79 Å². The summed E-state index contributed by atoms with van der Waals surface area (Å²) in [5, 5.41) is 9.95. The van der Waals surface area contributed by atoms with Crippen LogP contribution in [0.1, 0.15) is 60.3 Å². The van der Waals surface area contributed by atoms with E-state index in [1.165, 1.54) is 12.0 Å². The van der Waals surface area contributed by atoms with E-state index in [0.717, 1.165) is 68.8 Å². The lowest BCUT2D eigenvalue weighted by molar-refractivity contribution is 0.0828. The molecule has 1 aromatic heterocycles. The first kappa shape index (κ1) is 22.9. The smallest absolute Gasteiger partial charge is 0.190 e. The number of benzene rings is 1. The van der Waals surface area contributed by atoms with E-state index in [2.05, 4.69) is 38.8 Å². The third kappa shape index (κ3) is 4.45. The van der Waals surface area contributed by atoms with Gasteiger partial charge in [0.25, 0.3) is 0 Å². The number of nitrogens with zero attached hydrogens (tertiary/aromatic N) is 4. The number of hydrogen-bond donors (Lipinski definition) is 0. The highest BCUT2D eigenvalue weighted by atomic mass is 32.2. The summed E-state index contributed by atoms with van der Waals surface area (Å²) < 4.78 is 13.0. The number of thioether (sulfide) groups is 1. The quantitative estimate of drug-likeness (QED) is 0.315. The second-order valence-electron chi connectivity index (χ2n) is 9.75. The normalized spacial score (nSPS) is 25.2. The predicted molar refractivity (Wildman–Crippen MR) is 128 cm³/mol. The number of ether oxygens (including phenoxy) is 2. The van der Waals surface area contributed by atoms with Crippen LogP contribution in [0.3, 0.4) is 0 Å². The number of aromatic nitrogens is 3. The molecule has 8 heteroatoms. The van der Waals surface area contributed by atoms with Crippen molar-refractivity contribution in [3.63, 3.8) is 0 Å². The van der Waals surface area contributed by atoms with E-state index >= 15 is 0 Å². The lowest BCUT2D eigenvalue weighted by atomic mass is 9.92. The maximum absolute atomic E-state index is 12.1. The highest BCUT2D eigenvalue weighted by Crippen LogP contribution is 2.59. The van der Waals surface area contributed by atoms with Gasteiger partial charge < -0.3 is 18.9 Å². The van der Waals surface area contributed by atoms with Crippen molar-refractivity contribution in [2.24, 2.45) is 13.0 Å². The van der Waals surface area contributed by atoms with Crippen LogP contribution in [0.4, 0.5) is 0 Å². The standard InChI is InChI=1S/C25H34N4O3S/c1-17(30)21-13-19(5-6-22(21)31-3)25-14-20(25)15-29(16-25)9-4-12-33-24-27-26-23(28(24)2)18-7-10-32-11-8-18/h5-6,13,18,20H,4,7-12,14-16H2,1-3H3/t20-,25+/m0/s1. The molecule has 3 fully saturated rings. The molecule has 3 aliphatic rings. The molecular formula is C25H34N4O3S. The fourth-order valence-electron chi connectivity index (χ4n) is 5.71. The monoisotopic (exact) mass is 470 g/mol. The zero-order valence-electron chi connectivity index (χ0n) is 19.9. The molecule has 3 heterocycles. The van der Waals surface area contributed by atoms with Crippen molar-refractivity contribution < 1.29 is 14.3 Å². The van der Waals surface area contributed by atoms with Crippen molar-refractivity contribution in [1.29, 1.82) is 0 Å². The Morgan fingerprint density at radius 1 is 1.30 bits per heavy atom. The van der Waals surface area contributed by atoms with E-state index in [1.807, 2.05) is 17.8 Å². The Hall–Kier alpha value is -1.90. The van der Waals surface area contributed by atoms with Crippen molar-refractivity contribution in [2.45, 2.75) is 49.1 Å². The van der Waals surface area contributed by atoms with Crippen molar-refractivity contribution in [1.82, 2.24) is 19.7 Å². The van der Waals surface area contributed by atoms with E-state index in [-0.39, 0.29) is 11.2 Å². The average Bonchev–Trinajstić information content (AvgIpc) is 3.21. The first-order chi connectivity index (χ1) is 16.0. The molecular weight excluding hydrogens is 436 g/mol. The third-order valence-electron chi connectivity index (χ3n) is 7.67. The summed E-state index contributed by atoms with van der Waals surface area (Å²) in [7, 11) is 3.72. The highest BCUT2D eigenvalue weighted by Gasteiger charge is 2.60. The zero-order valence-corrected chi connectivity index (χ0v) is 20.7. The summed E-state index contributed by atoms with van der Waals surface area (Å²) in [5.74, 6) is 4.07. The largest absolute Gasteiger partial charge is 0.496 e. The summed E-state index contributed by atoms with van der Waals surface area (Å²) in [6, 6.07) is 6.20. The van der Waals surface area contributed by atoms with Crippen LogP contribution in [0.2, 0.25) is 0 Å². The van der Waals surface area contributed by atoms with Gasteiger partial charge in [-0.3, -0.25) is 4.79 Å². The summed E-state index contributed by atoms with van der Waals surface area (Å²) in [6.45, 7) is 6.61. The highest BCUT2D eigenvalue weighted by molar-refractivity contribution is 7.99. The Kier molecular flexibility index (Phi) is 6.51. The van der Waals surface area contributed by atoms with Crippen molar-refractivity contribution >= 4 is 17.5 Å². The predicted octanol–water partition coefficient (Wildman–Crippen LogP) is 3.68. The molecule has 2 saturated heterocycles. The molecule has 178 valence electrons. The number of fused-ring (bicyclic) bond motifs is 1. The van der Waals surface area contributed by atoms with E-state index in [0.29, 0.717) is 23.1 Å². The van der Waals surface area contributed by atoms with Gasteiger partial charge >= 0.3 is 0 Å². The molecule has 0 unspecified atom stereocenters. The maximum Gasteiger partial charge on any atom is 0.190 e. The topological polar surface area (TPSA) is 69.5 Å². The Morgan fingerprint density at radius 3 is 2.88 bits per heavy atom. The fourth-order valence-corrected chi connectivity index (χ4v) is 6.55. The zero-order chi connectivity index (χ0) is 23.0. The van der Waals surface area contributed by atoms with Gasteiger partial charge in [-0.15, -0.1) is 10.2 Å². The number of carbonyl (C=O) groups is 1. The maximum atomic E-state index is 12.1. The summed E-state index contributed by atoms with van der Waals surface area (Å²) in [4.78, 5) is 14.7. The van der Waals surface area contributed by atoms with Crippen LogP contribution in [-0.4, -0.2) is 71.2 Å².